The van der Waals surface area contributed by atoms with Crippen molar-refractivity contribution in [3.8, 4) is 0 Å². The fourth-order valence-electron chi connectivity index (χ4n) is 4.67. The summed E-state index contributed by atoms with van der Waals surface area (Å²) < 4.78 is 33.3. The van der Waals surface area contributed by atoms with Crippen molar-refractivity contribution in [3.05, 3.63) is 70.8 Å². The topological polar surface area (TPSA) is 70.6 Å². The quantitative estimate of drug-likeness (QED) is 0.417. The van der Waals surface area contributed by atoms with Gasteiger partial charge in [-0.1, -0.05) is 44.5 Å². The number of hydrogen-bond donors (Lipinski definition) is 3. The van der Waals surface area contributed by atoms with Crippen LogP contribution in [-0.2, 0) is 28.9 Å². The van der Waals surface area contributed by atoms with Gasteiger partial charge < -0.3 is 20.5 Å². The molecule has 1 heterocycles. The molecule has 0 aliphatic carbocycles. The Balaban J connectivity index is 1.65. The molecule has 1 aliphatic rings. The third-order valence-electron chi connectivity index (χ3n) is 6.60. The van der Waals surface area contributed by atoms with Crippen LogP contribution >= 0.6 is 0 Å². The lowest BCUT2D eigenvalue weighted by Crippen LogP contribution is -2.51. The number of ether oxygens (including phenoxy) is 1. The molecule has 0 saturated carbocycles. The van der Waals surface area contributed by atoms with Crippen molar-refractivity contribution in [3.63, 3.8) is 0 Å². The zero-order chi connectivity index (χ0) is 25.2. The largest absolute Gasteiger partial charge is 0.390 e. The smallest absolute Gasteiger partial charge is 0.223 e. The van der Waals surface area contributed by atoms with E-state index in [1.165, 1.54) is 17.7 Å². The molecule has 1 aliphatic heterocycles. The molecule has 192 valence electrons. The van der Waals surface area contributed by atoms with Gasteiger partial charge in [0.15, 0.2) is 0 Å². The highest BCUT2D eigenvalue weighted by molar-refractivity contribution is 5.79. The van der Waals surface area contributed by atoms with E-state index in [0.717, 1.165) is 30.9 Å². The molecule has 2 aromatic carbocycles. The highest BCUT2D eigenvalue weighted by Gasteiger charge is 2.30. The van der Waals surface area contributed by atoms with Crippen LogP contribution in [0.3, 0.4) is 0 Å². The summed E-state index contributed by atoms with van der Waals surface area (Å²) in [5.74, 6) is -1.71. The average Bonchev–Trinajstić information content (AvgIpc) is 2.83. The van der Waals surface area contributed by atoms with Crippen molar-refractivity contribution in [1.82, 2.24) is 10.6 Å². The maximum absolute atomic E-state index is 13.8. The van der Waals surface area contributed by atoms with Crippen LogP contribution in [0.1, 0.15) is 56.2 Å². The van der Waals surface area contributed by atoms with Crippen LogP contribution in [0.5, 0.6) is 0 Å². The van der Waals surface area contributed by atoms with E-state index in [-0.39, 0.29) is 30.9 Å². The van der Waals surface area contributed by atoms with Crippen LogP contribution in [0, 0.1) is 17.6 Å². The fraction of sp³-hybridized carbons (Fsp3) is 0.536. The number of amides is 1. The maximum Gasteiger partial charge on any atom is 0.223 e. The maximum atomic E-state index is 13.8. The number of benzene rings is 2. The highest BCUT2D eigenvalue weighted by Crippen LogP contribution is 2.24. The zero-order valence-electron chi connectivity index (χ0n) is 20.7. The molecule has 5 nitrogen and oxygen atoms in total. The summed E-state index contributed by atoms with van der Waals surface area (Å²) in [7, 11) is 0. The van der Waals surface area contributed by atoms with E-state index < -0.39 is 23.8 Å². The van der Waals surface area contributed by atoms with Gasteiger partial charge >= 0.3 is 0 Å². The van der Waals surface area contributed by atoms with Crippen LogP contribution in [0.15, 0.2) is 42.5 Å². The minimum atomic E-state index is -0.939. The second kappa shape index (κ2) is 13.7. The van der Waals surface area contributed by atoms with Gasteiger partial charge in [-0.15, -0.1) is 0 Å². The van der Waals surface area contributed by atoms with E-state index in [9.17, 15) is 18.7 Å². The summed E-state index contributed by atoms with van der Waals surface area (Å²) in [6, 6.07) is 10.8. The first-order chi connectivity index (χ1) is 16.9. The Morgan fingerprint density at radius 1 is 1.11 bits per heavy atom. The second-order valence-electron chi connectivity index (χ2n) is 9.47. The molecule has 0 radical (unpaired) electrons. The van der Waals surface area contributed by atoms with Crippen molar-refractivity contribution >= 4 is 5.91 Å². The Morgan fingerprint density at radius 2 is 1.86 bits per heavy atom. The van der Waals surface area contributed by atoms with Gasteiger partial charge in [-0.25, -0.2) is 8.78 Å². The third kappa shape index (κ3) is 8.67. The molecule has 7 heteroatoms. The van der Waals surface area contributed by atoms with E-state index in [2.05, 4.69) is 36.6 Å². The molecule has 2 unspecified atom stereocenters. The SMILES string of the molecule is CCCC1CC(C(=O)N[C@H](Cc2cc(F)cc(F)c2)[C@@H](O)CNCc2cccc(CC)c2)CCO1. The summed E-state index contributed by atoms with van der Waals surface area (Å²) in [6.07, 6.45) is 3.34. The minimum absolute atomic E-state index is 0.0609. The number of carbonyl (C=O) groups excluding carboxylic acids is 1. The molecule has 0 bridgehead atoms. The van der Waals surface area contributed by atoms with Gasteiger partial charge in [0.2, 0.25) is 5.91 Å². The molecule has 3 rings (SSSR count). The van der Waals surface area contributed by atoms with Crippen LogP contribution in [0.25, 0.3) is 0 Å². The van der Waals surface area contributed by atoms with Gasteiger partial charge in [0.05, 0.1) is 18.2 Å². The standard InChI is InChI=1S/C28H38F2N2O3/c1-3-6-25-15-22(9-10-35-25)28(34)32-26(14-21-12-23(29)16-24(30)13-21)27(33)18-31-17-20-8-5-7-19(4-2)11-20/h5,7-8,11-13,16,22,25-27,31,33H,3-4,6,9-10,14-15,17-18H2,1-2H3,(H,32,34)/t22?,25?,26-,27+/m1/s1. The Hall–Kier alpha value is -2.35. The Bertz CT molecular complexity index is 933. The first-order valence-electron chi connectivity index (χ1n) is 12.7. The molecular formula is C28H38F2N2O3. The summed E-state index contributed by atoms with van der Waals surface area (Å²) in [5, 5.41) is 17.2. The normalized spacial score (nSPS) is 19.8. The minimum Gasteiger partial charge on any atom is -0.390 e. The first-order valence-corrected chi connectivity index (χ1v) is 12.7. The summed E-state index contributed by atoms with van der Waals surface area (Å²) in [4.78, 5) is 13.1. The van der Waals surface area contributed by atoms with Crippen LogP contribution in [-0.4, -0.2) is 42.4 Å². The molecule has 3 N–H and O–H groups in total. The number of aliphatic hydroxyl groups excluding tert-OH is 1. The molecule has 1 saturated heterocycles. The predicted octanol–water partition coefficient (Wildman–Crippen LogP) is 4.30. The van der Waals surface area contributed by atoms with Crippen molar-refractivity contribution in [1.29, 1.82) is 0 Å². The van der Waals surface area contributed by atoms with Gasteiger partial charge in [-0.05, 0) is 60.9 Å². The average molecular weight is 489 g/mol. The molecule has 1 fully saturated rings. The van der Waals surface area contributed by atoms with E-state index >= 15 is 0 Å². The Labute approximate surface area is 207 Å². The molecular weight excluding hydrogens is 450 g/mol. The molecule has 0 aromatic heterocycles. The monoisotopic (exact) mass is 488 g/mol. The molecule has 4 atom stereocenters. The molecule has 1 amide bonds. The molecule has 0 spiro atoms. The van der Waals surface area contributed by atoms with E-state index in [1.54, 1.807) is 0 Å². The van der Waals surface area contributed by atoms with Crippen LogP contribution in [0.2, 0.25) is 0 Å². The van der Waals surface area contributed by atoms with E-state index in [0.29, 0.717) is 31.6 Å². The van der Waals surface area contributed by atoms with Gasteiger partial charge in [-0.2, -0.15) is 0 Å². The van der Waals surface area contributed by atoms with Gasteiger partial charge in [0.25, 0.3) is 0 Å². The summed E-state index contributed by atoms with van der Waals surface area (Å²) in [5.41, 5.74) is 2.73. The number of carbonyl (C=O) groups is 1. The van der Waals surface area contributed by atoms with Gasteiger partial charge in [0, 0.05) is 31.7 Å². The predicted molar refractivity (Wildman–Crippen MR) is 133 cm³/mol. The molecule has 35 heavy (non-hydrogen) atoms. The van der Waals surface area contributed by atoms with Gasteiger partial charge in [-0.3, -0.25) is 4.79 Å². The van der Waals surface area contributed by atoms with Crippen molar-refractivity contribution < 1.29 is 23.4 Å². The number of aliphatic hydroxyl groups is 1. The number of halogens is 2. The number of rotatable bonds is 12. The number of nitrogens with one attached hydrogen (secondary N) is 2. The van der Waals surface area contributed by atoms with Gasteiger partial charge in [0.1, 0.15) is 11.6 Å². The molecule has 2 aromatic rings. The zero-order valence-corrected chi connectivity index (χ0v) is 20.7. The highest BCUT2D eigenvalue weighted by atomic mass is 19.1. The lowest BCUT2D eigenvalue weighted by molar-refractivity contribution is -0.131. The first kappa shape index (κ1) is 27.2. The van der Waals surface area contributed by atoms with Crippen molar-refractivity contribution in [2.45, 2.75) is 77.2 Å². The van der Waals surface area contributed by atoms with Crippen LogP contribution < -0.4 is 10.6 Å². The van der Waals surface area contributed by atoms with E-state index in [4.69, 9.17) is 4.74 Å². The lowest BCUT2D eigenvalue weighted by Gasteiger charge is -2.31. The number of aryl methyl sites for hydroxylation is 1. The van der Waals surface area contributed by atoms with Crippen molar-refractivity contribution in [2.75, 3.05) is 13.2 Å². The van der Waals surface area contributed by atoms with Crippen molar-refractivity contribution in [2.24, 2.45) is 5.92 Å². The third-order valence-corrected chi connectivity index (χ3v) is 6.60. The second-order valence-corrected chi connectivity index (χ2v) is 9.47. The number of hydrogen-bond acceptors (Lipinski definition) is 4. The van der Waals surface area contributed by atoms with E-state index in [1.807, 2.05) is 12.1 Å². The Morgan fingerprint density at radius 3 is 2.57 bits per heavy atom. The Kier molecular flexibility index (Phi) is 10.6. The summed E-state index contributed by atoms with van der Waals surface area (Å²) in [6.45, 7) is 5.51. The lowest BCUT2D eigenvalue weighted by atomic mass is 9.91. The summed E-state index contributed by atoms with van der Waals surface area (Å²) >= 11 is 0. The van der Waals surface area contributed by atoms with Crippen LogP contribution in [0.4, 0.5) is 8.78 Å². The fourth-order valence-corrected chi connectivity index (χ4v) is 4.67.